The second-order valence-corrected chi connectivity index (χ2v) is 5.48. The third-order valence-corrected chi connectivity index (χ3v) is 3.65. The van der Waals surface area contributed by atoms with E-state index in [4.69, 9.17) is 9.88 Å². The molecule has 0 amide bonds. The number of sulfonamides is 1. The van der Waals surface area contributed by atoms with Gasteiger partial charge in [0, 0.05) is 11.9 Å². The van der Waals surface area contributed by atoms with Crippen LogP contribution in [0.1, 0.15) is 10.5 Å². The lowest BCUT2D eigenvalue weighted by atomic mass is 10.3. The lowest BCUT2D eigenvalue weighted by Crippen LogP contribution is -2.17. The topological polar surface area (TPSA) is 112 Å². The summed E-state index contributed by atoms with van der Waals surface area (Å²) in [4.78, 5) is 10.9. The number of nitrogens with two attached hydrogens (primary N) is 1. The number of hydrogen-bond acceptors (Lipinski definition) is 4. The van der Waals surface area contributed by atoms with Gasteiger partial charge in [-0.3, -0.25) is 0 Å². The molecular weight excluding hydrogens is 284 g/mol. The molecule has 106 valence electrons. The number of methoxy groups -OCH3 is 1. The maximum Gasteiger partial charge on any atom is 0.354 e. The molecule has 0 fully saturated rings. The molecule has 20 heavy (non-hydrogen) atoms. The summed E-state index contributed by atoms with van der Waals surface area (Å²) in [6, 6.07) is 7.65. The van der Waals surface area contributed by atoms with Crippen molar-refractivity contribution in [2.45, 2.75) is 4.90 Å². The largest absolute Gasteiger partial charge is 0.497 e. The number of carboxylic acids is 1. The molecule has 0 atom stereocenters. The summed E-state index contributed by atoms with van der Waals surface area (Å²) in [5, 5.41) is 14.2. The Kier molecular flexibility index (Phi) is 3.51. The molecule has 1 heterocycles. The highest BCUT2D eigenvalue weighted by Gasteiger charge is 2.24. The molecule has 1 aromatic heterocycles. The van der Waals surface area contributed by atoms with Crippen molar-refractivity contribution in [2.75, 3.05) is 7.11 Å². The van der Waals surface area contributed by atoms with Crippen LogP contribution in [0.2, 0.25) is 0 Å². The monoisotopic (exact) mass is 296 g/mol. The fraction of sp³-hybridized carbons (Fsp3) is 0.0833. The summed E-state index contributed by atoms with van der Waals surface area (Å²) in [6.45, 7) is 0. The number of carboxylic acid groups (broad SMARTS) is 1. The Balaban J connectivity index is 2.62. The normalized spacial score (nSPS) is 11.3. The molecule has 8 heteroatoms. The quantitative estimate of drug-likeness (QED) is 0.868. The van der Waals surface area contributed by atoms with Crippen LogP contribution >= 0.6 is 0 Å². The Morgan fingerprint density at radius 1 is 1.25 bits per heavy atom. The molecule has 0 spiro atoms. The summed E-state index contributed by atoms with van der Waals surface area (Å²) in [5.41, 5.74) is 0.0794. The van der Waals surface area contributed by atoms with Gasteiger partial charge in [-0.25, -0.2) is 18.4 Å². The zero-order valence-corrected chi connectivity index (χ0v) is 11.3. The number of nitrogens with zero attached hydrogens (tertiary/aromatic N) is 1. The number of aromatic nitrogens is 1. The van der Waals surface area contributed by atoms with E-state index >= 15 is 0 Å². The number of carbonyl (C=O) groups is 1. The van der Waals surface area contributed by atoms with Crippen LogP contribution in [0.25, 0.3) is 5.69 Å². The maximum atomic E-state index is 11.4. The van der Waals surface area contributed by atoms with Crippen molar-refractivity contribution in [3.05, 3.63) is 42.2 Å². The van der Waals surface area contributed by atoms with Crippen LogP contribution < -0.4 is 9.88 Å². The predicted octanol–water partition coefficient (Wildman–Crippen LogP) is 0.831. The SMILES string of the molecule is COc1ccc(-n2ccc(S(N)(=O)=O)c2C(=O)O)cc1. The highest BCUT2D eigenvalue weighted by Crippen LogP contribution is 2.22. The third kappa shape index (κ3) is 2.51. The van der Waals surface area contributed by atoms with Crippen molar-refractivity contribution < 1.29 is 23.1 Å². The Morgan fingerprint density at radius 3 is 2.30 bits per heavy atom. The molecule has 0 unspecified atom stereocenters. The first kappa shape index (κ1) is 14.1. The molecule has 2 aromatic rings. The standard InChI is InChI=1S/C12H12N2O5S/c1-19-9-4-2-8(3-5-9)14-7-6-10(20(13,17)18)11(14)12(15)16/h2-7H,1H3,(H,15,16)(H2,13,17,18). The molecule has 3 N–H and O–H groups in total. The van der Waals surface area contributed by atoms with Crippen LogP contribution in [-0.4, -0.2) is 31.2 Å². The van der Waals surface area contributed by atoms with E-state index < -0.39 is 26.6 Å². The molecule has 0 saturated carbocycles. The summed E-state index contributed by atoms with van der Waals surface area (Å²) in [5.74, 6) is -0.778. The maximum absolute atomic E-state index is 11.4. The minimum absolute atomic E-state index is 0.405. The molecule has 0 bridgehead atoms. The van der Waals surface area contributed by atoms with Crippen molar-refractivity contribution in [3.8, 4) is 11.4 Å². The minimum Gasteiger partial charge on any atom is -0.497 e. The van der Waals surface area contributed by atoms with Gasteiger partial charge in [0.05, 0.1) is 7.11 Å². The Hall–Kier alpha value is -2.32. The van der Waals surface area contributed by atoms with Crippen LogP contribution in [0, 0.1) is 0 Å². The van der Waals surface area contributed by atoms with Gasteiger partial charge in [-0.2, -0.15) is 0 Å². The number of primary sulfonamides is 1. The number of hydrogen-bond donors (Lipinski definition) is 2. The van der Waals surface area contributed by atoms with Gasteiger partial charge in [-0.1, -0.05) is 0 Å². The van der Waals surface area contributed by atoms with Crippen LogP contribution in [0.3, 0.4) is 0 Å². The van der Waals surface area contributed by atoms with Gasteiger partial charge >= 0.3 is 5.97 Å². The first-order valence-corrected chi connectivity index (χ1v) is 7.01. The average Bonchev–Trinajstić information content (AvgIpc) is 2.83. The highest BCUT2D eigenvalue weighted by atomic mass is 32.2. The lowest BCUT2D eigenvalue weighted by molar-refractivity contribution is 0.0684. The molecule has 0 aliphatic carbocycles. The van der Waals surface area contributed by atoms with Crippen molar-refractivity contribution in [3.63, 3.8) is 0 Å². The number of aromatic carboxylic acids is 1. The predicted molar refractivity (Wildman–Crippen MR) is 70.7 cm³/mol. The van der Waals surface area contributed by atoms with E-state index in [0.29, 0.717) is 11.4 Å². The van der Waals surface area contributed by atoms with E-state index in [-0.39, 0.29) is 0 Å². The van der Waals surface area contributed by atoms with Crippen molar-refractivity contribution in [1.82, 2.24) is 4.57 Å². The van der Waals surface area contributed by atoms with Crippen LogP contribution in [0.4, 0.5) is 0 Å². The van der Waals surface area contributed by atoms with E-state index in [2.05, 4.69) is 0 Å². The third-order valence-electron chi connectivity index (χ3n) is 2.71. The van der Waals surface area contributed by atoms with Crippen LogP contribution in [-0.2, 0) is 10.0 Å². The van der Waals surface area contributed by atoms with Gasteiger partial charge in [-0.05, 0) is 30.3 Å². The average molecular weight is 296 g/mol. The fourth-order valence-corrected chi connectivity index (χ4v) is 2.52. The van der Waals surface area contributed by atoms with E-state index in [1.165, 1.54) is 17.9 Å². The molecular formula is C12H12N2O5S. The van der Waals surface area contributed by atoms with Crippen molar-refractivity contribution in [2.24, 2.45) is 5.14 Å². The lowest BCUT2D eigenvalue weighted by Gasteiger charge is -2.08. The van der Waals surface area contributed by atoms with Gasteiger partial charge in [-0.15, -0.1) is 0 Å². The van der Waals surface area contributed by atoms with E-state index in [9.17, 15) is 18.3 Å². The molecule has 0 aliphatic heterocycles. The number of rotatable bonds is 4. The molecule has 0 aliphatic rings. The highest BCUT2D eigenvalue weighted by molar-refractivity contribution is 7.89. The molecule has 0 radical (unpaired) electrons. The molecule has 0 saturated heterocycles. The second kappa shape index (κ2) is 4.99. The smallest absolute Gasteiger partial charge is 0.354 e. The van der Waals surface area contributed by atoms with Crippen molar-refractivity contribution >= 4 is 16.0 Å². The first-order chi connectivity index (χ1) is 9.34. The zero-order valence-electron chi connectivity index (χ0n) is 10.5. The summed E-state index contributed by atoms with van der Waals surface area (Å²) in [7, 11) is -2.60. The number of ether oxygens (including phenoxy) is 1. The second-order valence-electron chi connectivity index (χ2n) is 3.95. The summed E-state index contributed by atoms with van der Waals surface area (Å²) < 4.78 is 29.0. The zero-order chi connectivity index (χ0) is 14.9. The fourth-order valence-electron chi connectivity index (χ4n) is 1.81. The van der Waals surface area contributed by atoms with Crippen molar-refractivity contribution in [1.29, 1.82) is 0 Å². The first-order valence-electron chi connectivity index (χ1n) is 5.46. The van der Waals surface area contributed by atoms with Gasteiger partial charge < -0.3 is 14.4 Å². The number of benzene rings is 1. The van der Waals surface area contributed by atoms with Crippen LogP contribution in [0.5, 0.6) is 5.75 Å². The molecule has 1 aromatic carbocycles. The van der Waals surface area contributed by atoms with E-state index in [1.54, 1.807) is 24.3 Å². The van der Waals surface area contributed by atoms with Gasteiger partial charge in [0.15, 0.2) is 5.69 Å². The summed E-state index contributed by atoms with van der Waals surface area (Å²) in [6.07, 6.45) is 1.34. The Bertz CT molecular complexity index is 747. The minimum atomic E-state index is -4.10. The van der Waals surface area contributed by atoms with Gasteiger partial charge in [0.2, 0.25) is 10.0 Å². The molecule has 2 rings (SSSR count). The Morgan fingerprint density at radius 2 is 1.85 bits per heavy atom. The van der Waals surface area contributed by atoms with Gasteiger partial charge in [0.1, 0.15) is 10.6 Å². The summed E-state index contributed by atoms with van der Waals surface area (Å²) >= 11 is 0. The van der Waals surface area contributed by atoms with Crippen LogP contribution in [0.15, 0.2) is 41.4 Å². The van der Waals surface area contributed by atoms with E-state index in [1.807, 2.05) is 0 Å². The van der Waals surface area contributed by atoms with Gasteiger partial charge in [0.25, 0.3) is 0 Å². The Labute approximate surface area is 115 Å². The molecule has 7 nitrogen and oxygen atoms in total. The van der Waals surface area contributed by atoms with E-state index in [0.717, 1.165) is 6.07 Å².